The third-order valence-corrected chi connectivity index (χ3v) is 3.65. The number of nitrogens with zero attached hydrogens (tertiary/aromatic N) is 1. The molecule has 0 atom stereocenters. The summed E-state index contributed by atoms with van der Waals surface area (Å²) in [6, 6.07) is 16.2. The predicted molar refractivity (Wildman–Crippen MR) is 105 cm³/mol. The predicted octanol–water partition coefficient (Wildman–Crippen LogP) is 3.20. The molecule has 0 aliphatic carbocycles. The lowest BCUT2D eigenvalue weighted by molar-refractivity contribution is -0.117. The maximum Gasteiger partial charge on any atom is 0.338 e. The topological polar surface area (TPSA) is 67.9 Å². The first-order valence-electron chi connectivity index (χ1n) is 8.91. The van der Waals surface area contributed by atoms with Crippen LogP contribution in [0.2, 0.25) is 0 Å². The molecule has 144 valence electrons. The van der Waals surface area contributed by atoms with Crippen molar-refractivity contribution < 1.29 is 19.1 Å². The molecule has 0 fully saturated rings. The number of rotatable bonds is 9. The minimum atomic E-state index is -0.374. The molecule has 1 amide bonds. The molecule has 2 rings (SSSR count). The van der Waals surface area contributed by atoms with E-state index in [9.17, 15) is 9.59 Å². The minimum Gasteiger partial charge on any atom is -0.492 e. The minimum absolute atomic E-state index is 0.130. The Morgan fingerprint density at radius 1 is 1.04 bits per heavy atom. The first-order chi connectivity index (χ1) is 12.9. The van der Waals surface area contributed by atoms with Crippen molar-refractivity contribution >= 4 is 17.6 Å². The molecule has 0 aliphatic rings. The van der Waals surface area contributed by atoms with Gasteiger partial charge in [-0.3, -0.25) is 9.69 Å². The van der Waals surface area contributed by atoms with Gasteiger partial charge in [0.2, 0.25) is 5.91 Å². The molecule has 1 N–H and O–H groups in total. The van der Waals surface area contributed by atoms with Gasteiger partial charge in [0.05, 0.1) is 18.2 Å². The fourth-order valence-corrected chi connectivity index (χ4v) is 2.33. The number of nitrogens with one attached hydrogen (secondary N) is 1. The van der Waals surface area contributed by atoms with Gasteiger partial charge in [0.15, 0.2) is 0 Å². The van der Waals surface area contributed by atoms with Crippen molar-refractivity contribution in [2.75, 3.05) is 32.1 Å². The van der Waals surface area contributed by atoms with Crippen LogP contribution in [0.15, 0.2) is 54.6 Å². The number of carbonyl (C=O) groups is 2. The van der Waals surface area contributed by atoms with Gasteiger partial charge in [-0.05, 0) is 57.3 Å². The van der Waals surface area contributed by atoms with Gasteiger partial charge < -0.3 is 14.8 Å². The summed E-state index contributed by atoms with van der Waals surface area (Å²) in [7, 11) is 1.86. The zero-order chi connectivity index (χ0) is 19.6. The lowest BCUT2D eigenvalue weighted by atomic mass is 10.2. The molecule has 2 aromatic rings. The van der Waals surface area contributed by atoms with E-state index < -0.39 is 0 Å². The summed E-state index contributed by atoms with van der Waals surface area (Å²) in [4.78, 5) is 25.8. The van der Waals surface area contributed by atoms with Crippen molar-refractivity contribution in [2.45, 2.75) is 20.0 Å². The van der Waals surface area contributed by atoms with Crippen LogP contribution in [0.5, 0.6) is 5.75 Å². The highest BCUT2D eigenvalue weighted by Crippen LogP contribution is 2.11. The Balaban J connectivity index is 1.73. The number of anilines is 1. The smallest absolute Gasteiger partial charge is 0.338 e. The van der Waals surface area contributed by atoms with E-state index in [-0.39, 0.29) is 24.5 Å². The summed E-state index contributed by atoms with van der Waals surface area (Å²) in [5.41, 5.74) is 1.09. The van der Waals surface area contributed by atoms with Crippen LogP contribution in [-0.4, -0.2) is 49.6 Å². The average molecular weight is 370 g/mol. The highest BCUT2D eigenvalue weighted by molar-refractivity contribution is 5.94. The first kappa shape index (κ1) is 20.5. The second-order valence-corrected chi connectivity index (χ2v) is 6.48. The molecular weight excluding hydrogens is 344 g/mol. The van der Waals surface area contributed by atoms with Crippen LogP contribution < -0.4 is 10.1 Å². The van der Waals surface area contributed by atoms with Crippen LogP contribution in [0.1, 0.15) is 24.2 Å². The molecule has 0 spiro atoms. The summed E-state index contributed by atoms with van der Waals surface area (Å²) in [5.74, 6) is 0.308. The van der Waals surface area contributed by atoms with Crippen LogP contribution in [0.4, 0.5) is 5.69 Å². The summed E-state index contributed by atoms with van der Waals surface area (Å²) < 4.78 is 10.8. The highest BCUT2D eigenvalue weighted by Gasteiger charge is 2.10. The SMILES string of the molecule is CC(C)OC(=O)c1ccc(NC(=O)CN(C)CCOc2ccccc2)cc1. The quantitative estimate of drug-likeness (QED) is 0.687. The summed E-state index contributed by atoms with van der Waals surface area (Å²) in [6.07, 6.45) is -0.168. The van der Waals surface area contributed by atoms with E-state index in [2.05, 4.69) is 5.32 Å². The molecule has 6 nitrogen and oxygen atoms in total. The number of benzene rings is 2. The molecule has 0 bridgehead atoms. The third kappa shape index (κ3) is 7.50. The zero-order valence-corrected chi connectivity index (χ0v) is 16.0. The lowest BCUT2D eigenvalue weighted by Crippen LogP contribution is -2.33. The van der Waals surface area contributed by atoms with Gasteiger partial charge >= 0.3 is 5.97 Å². The number of esters is 1. The van der Waals surface area contributed by atoms with Crippen LogP contribution in [-0.2, 0) is 9.53 Å². The van der Waals surface area contributed by atoms with Gasteiger partial charge in [-0.2, -0.15) is 0 Å². The normalized spacial score (nSPS) is 10.7. The molecule has 0 aliphatic heterocycles. The van der Waals surface area contributed by atoms with Gasteiger partial charge in [-0.25, -0.2) is 4.79 Å². The monoisotopic (exact) mass is 370 g/mol. The van der Waals surface area contributed by atoms with Gasteiger partial charge in [0, 0.05) is 12.2 Å². The van der Waals surface area contributed by atoms with Crippen molar-refractivity contribution in [3.8, 4) is 5.75 Å². The van der Waals surface area contributed by atoms with E-state index in [0.717, 1.165) is 5.75 Å². The zero-order valence-electron chi connectivity index (χ0n) is 16.0. The van der Waals surface area contributed by atoms with Gasteiger partial charge in [-0.1, -0.05) is 18.2 Å². The van der Waals surface area contributed by atoms with Crippen LogP contribution in [0, 0.1) is 0 Å². The van der Waals surface area contributed by atoms with E-state index in [1.807, 2.05) is 42.3 Å². The average Bonchev–Trinajstić information content (AvgIpc) is 2.62. The summed E-state index contributed by atoms with van der Waals surface area (Å²) >= 11 is 0. The number of carbonyl (C=O) groups excluding carboxylic acids is 2. The van der Waals surface area contributed by atoms with Gasteiger partial charge in [0.25, 0.3) is 0 Å². The van der Waals surface area contributed by atoms with Crippen molar-refractivity contribution in [1.82, 2.24) is 4.90 Å². The van der Waals surface area contributed by atoms with Crippen LogP contribution >= 0.6 is 0 Å². The molecule has 0 heterocycles. The Hall–Kier alpha value is -2.86. The molecule has 2 aromatic carbocycles. The molecule has 6 heteroatoms. The highest BCUT2D eigenvalue weighted by atomic mass is 16.5. The Morgan fingerprint density at radius 3 is 2.33 bits per heavy atom. The maximum atomic E-state index is 12.1. The summed E-state index contributed by atoms with van der Waals surface area (Å²) in [6.45, 7) is 4.97. The maximum absolute atomic E-state index is 12.1. The molecule has 0 saturated carbocycles. The number of amides is 1. The number of likely N-dealkylation sites (N-methyl/N-ethyl adjacent to an activating group) is 1. The number of para-hydroxylation sites is 1. The largest absolute Gasteiger partial charge is 0.492 e. The van der Waals surface area contributed by atoms with Crippen LogP contribution in [0.25, 0.3) is 0 Å². The first-order valence-corrected chi connectivity index (χ1v) is 8.91. The van der Waals surface area contributed by atoms with E-state index in [1.165, 1.54) is 0 Å². The Labute approximate surface area is 160 Å². The van der Waals surface area contributed by atoms with Crippen molar-refractivity contribution in [3.05, 3.63) is 60.2 Å². The molecule has 0 saturated heterocycles. The van der Waals surface area contributed by atoms with Crippen LogP contribution in [0.3, 0.4) is 0 Å². The Kier molecular flexibility index (Phi) is 7.82. The van der Waals surface area contributed by atoms with Gasteiger partial charge in [-0.15, -0.1) is 0 Å². The van der Waals surface area contributed by atoms with Crippen molar-refractivity contribution in [3.63, 3.8) is 0 Å². The fourth-order valence-electron chi connectivity index (χ4n) is 2.33. The summed E-state index contributed by atoms with van der Waals surface area (Å²) in [5, 5.41) is 2.81. The Bertz CT molecular complexity index is 730. The molecule has 27 heavy (non-hydrogen) atoms. The fraction of sp³-hybridized carbons (Fsp3) is 0.333. The third-order valence-electron chi connectivity index (χ3n) is 3.65. The van der Waals surface area contributed by atoms with Crippen molar-refractivity contribution in [1.29, 1.82) is 0 Å². The second-order valence-electron chi connectivity index (χ2n) is 6.48. The molecule has 0 unspecified atom stereocenters. The Morgan fingerprint density at radius 2 is 1.70 bits per heavy atom. The number of hydrogen-bond acceptors (Lipinski definition) is 5. The van der Waals surface area contributed by atoms with Crippen molar-refractivity contribution in [2.24, 2.45) is 0 Å². The molecule has 0 aromatic heterocycles. The van der Waals surface area contributed by atoms with E-state index in [4.69, 9.17) is 9.47 Å². The van der Waals surface area contributed by atoms with E-state index in [0.29, 0.717) is 24.4 Å². The number of ether oxygens (including phenoxy) is 2. The lowest BCUT2D eigenvalue weighted by Gasteiger charge is -2.16. The van der Waals surface area contributed by atoms with Gasteiger partial charge in [0.1, 0.15) is 12.4 Å². The second kappa shape index (κ2) is 10.3. The van der Waals surface area contributed by atoms with E-state index in [1.54, 1.807) is 38.1 Å². The number of hydrogen-bond donors (Lipinski definition) is 1. The van der Waals surface area contributed by atoms with E-state index >= 15 is 0 Å². The molecule has 0 radical (unpaired) electrons. The molecular formula is C21H26N2O4. The standard InChI is InChI=1S/C21H26N2O4/c1-16(2)27-21(25)17-9-11-18(12-10-17)22-20(24)15-23(3)13-14-26-19-7-5-4-6-8-19/h4-12,16H,13-15H2,1-3H3,(H,22,24).